The first-order valence-electron chi connectivity index (χ1n) is 6.46. The van der Waals surface area contributed by atoms with Crippen molar-refractivity contribution in [2.45, 2.75) is 20.4 Å². The van der Waals surface area contributed by atoms with Crippen LogP contribution in [-0.2, 0) is 11.3 Å². The summed E-state index contributed by atoms with van der Waals surface area (Å²) < 4.78 is 2.01. The lowest BCUT2D eigenvalue weighted by Gasteiger charge is -2.09. The summed E-state index contributed by atoms with van der Waals surface area (Å²) in [6.45, 7) is 3.13. The first-order chi connectivity index (χ1) is 10.4. The van der Waals surface area contributed by atoms with Gasteiger partial charge in [-0.1, -0.05) is 6.07 Å². The van der Waals surface area contributed by atoms with E-state index in [1.807, 2.05) is 24.3 Å². The van der Waals surface area contributed by atoms with Crippen molar-refractivity contribution in [1.82, 2.24) is 9.78 Å². The molecule has 0 unspecified atom stereocenters. The van der Waals surface area contributed by atoms with Crippen molar-refractivity contribution >= 4 is 34.2 Å². The van der Waals surface area contributed by atoms with Crippen molar-refractivity contribution in [3.63, 3.8) is 0 Å². The molecular formula is C15H13IN4O2. The fraction of sp³-hybridized carbons (Fsp3) is 0.200. The van der Waals surface area contributed by atoms with Gasteiger partial charge in [-0.05, 0) is 60.2 Å². The van der Waals surface area contributed by atoms with Crippen molar-refractivity contribution in [3.05, 3.63) is 55.0 Å². The lowest BCUT2D eigenvalue weighted by molar-refractivity contribution is -0.117. The quantitative estimate of drug-likeness (QED) is 0.787. The van der Waals surface area contributed by atoms with Gasteiger partial charge in [0.15, 0.2) is 0 Å². The molecule has 0 aliphatic rings. The Hall–Kier alpha value is -2.21. The molecule has 0 bridgehead atoms. The van der Waals surface area contributed by atoms with Gasteiger partial charge in [0, 0.05) is 9.26 Å². The standard InChI is InChI=1S/C15H13IN4O2/c1-9-10(2)19-20(15(22)13(9)7-17)8-14(21)18-12-5-3-4-11(16)6-12/h3-6H,8H2,1-2H3,(H,18,21). The number of rotatable bonds is 3. The molecule has 0 radical (unpaired) electrons. The van der Waals surface area contributed by atoms with Crippen LogP contribution >= 0.6 is 22.6 Å². The minimum absolute atomic E-state index is 0.0227. The number of anilines is 1. The lowest BCUT2D eigenvalue weighted by Crippen LogP contribution is -2.32. The zero-order chi connectivity index (χ0) is 16.3. The molecule has 0 aliphatic carbocycles. The van der Waals surface area contributed by atoms with Crippen LogP contribution in [0.3, 0.4) is 0 Å². The van der Waals surface area contributed by atoms with Crippen molar-refractivity contribution in [2.75, 3.05) is 5.32 Å². The third-order valence-electron chi connectivity index (χ3n) is 3.15. The summed E-state index contributed by atoms with van der Waals surface area (Å²) >= 11 is 2.14. The Morgan fingerprint density at radius 2 is 2.18 bits per heavy atom. The van der Waals surface area contributed by atoms with Gasteiger partial charge in [-0.3, -0.25) is 9.59 Å². The fourth-order valence-corrected chi connectivity index (χ4v) is 2.46. The minimum Gasteiger partial charge on any atom is -0.324 e. The van der Waals surface area contributed by atoms with E-state index in [9.17, 15) is 9.59 Å². The van der Waals surface area contributed by atoms with Crippen LogP contribution in [0.5, 0.6) is 0 Å². The van der Waals surface area contributed by atoms with Gasteiger partial charge in [0.2, 0.25) is 5.91 Å². The molecule has 1 aromatic heterocycles. The van der Waals surface area contributed by atoms with E-state index in [0.29, 0.717) is 16.9 Å². The van der Waals surface area contributed by atoms with Crippen molar-refractivity contribution in [2.24, 2.45) is 0 Å². The van der Waals surface area contributed by atoms with Crippen molar-refractivity contribution in [1.29, 1.82) is 5.26 Å². The van der Waals surface area contributed by atoms with E-state index < -0.39 is 5.56 Å². The Kier molecular flexibility index (Phi) is 4.92. The van der Waals surface area contributed by atoms with E-state index in [4.69, 9.17) is 5.26 Å². The van der Waals surface area contributed by atoms with Gasteiger partial charge < -0.3 is 5.32 Å². The molecule has 2 rings (SSSR count). The second-order valence-electron chi connectivity index (χ2n) is 4.72. The number of aryl methyl sites for hydroxylation is 1. The van der Waals surface area contributed by atoms with Crippen LogP contribution in [0.25, 0.3) is 0 Å². The van der Waals surface area contributed by atoms with Crippen molar-refractivity contribution < 1.29 is 4.79 Å². The van der Waals surface area contributed by atoms with Crippen LogP contribution < -0.4 is 10.9 Å². The van der Waals surface area contributed by atoms with E-state index in [-0.39, 0.29) is 18.0 Å². The Morgan fingerprint density at radius 3 is 2.82 bits per heavy atom. The zero-order valence-electron chi connectivity index (χ0n) is 12.1. The summed E-state index contributed by atoms with van der Waals surface area (Å²) in [7, 11) is 0. The second-order valence-corrected chi connectivity index (χ2v) is 5.96. The fourth-order valence-electron chi connectivity index (χ4n) is 1.91. The molecule has 2 aromatic rings. The summed E-state index contributed by atoms with van der Waals surface area (Å²) in [5.74, 6) is -0.372. The predicted molar refractivity (Wildman–Crippen MR) is 90.5 cm³/mol. The molecule has 1 aromatic carbocycles. The topological polar surface area (TPSA) is 87.8 Å². The zero-order valence-corrected chi connectivity index (χ0v) is 14.2. The molecule has 6 nitrogen and oxygen atoms in total. The monoisotopic (exact) mass is 408 g/mol. The second kappa shape index (κ2) is 6.70. The van der Waals surface area contributed by atoms with E-state index >= 15 is 0 Å². The third-order valence-corrected chi connectivity index (χ3v) is 3.82. The molecule has 0 saturated carbocycles. The normalized spacial score (nSPS) is 10.1. The molecule has 7 heteroatoms. The maximum Gasteiger partial charge on any atom is 0.285 e. The number of aromatic nitrogens is 2. The number of hydrogen-bond donors (Lipinski definition) is 1. The van der Waals surface area contributed by atoms with Crippen LogP contribution in [0.2, 0.25) is 0 Å². The Morgan fingerprint density at radius 1 is 1.45 bits per heavy atom. The highest BCUT2D eigenvalue weighted by Gasteiger charge is 2.14. The smallest absolute Gasteiger partial charge is 0.285 e. The first-order valence-corrected chi connectivity index (χ1v) is 7.54. The highest BCUT2D eigenvalue weighted by Crippen LogP contribution is 2.12. The number of benzene rings is 1. The van der Waals surface area contributed by atoms with Crippen LogP contribution in [-0.4, -0.2) is 15.7 Å². The van der Waals surface area contributed by atoms with E-state index in [1.54, 1.807) is 19.9 Å². The minimum atomic E-state index is -0.552. The Balaban J connectivity index is 2.24. The molecular weight excluding hydrogens is 395 g/mol. The van der Waals surface area contributed by atoms with Gasteiger partial charge in [-0.25, -0.2) is 4.68 Å². The molecule has 0 aliphatic heterocycles. The molecule has 1 amide bonds. The number of carbonyl (C=O) groups excluding carboxylic acids is 1. The molecule has 0 atom stereocenters. The van der Waals surface area contributed by atoms with Gasteiger partial charge in [-0.2, -0.15) is 10.4 Å². The highest BCUT2D eigenvalue weighted by atomic mass is 127. The van der Waals surface area contributed by atoms with Gasteiger partial charge >= 0.3 is 0 Å². The summed E-state index contributed by atoms with van der Waals surface area (Å²) in [6, 6.07) is 9.18. The van der Waals surface area contributed by atoms with Crippen LogP contribution in [0, 0.1) is 28.7 Å². The molecule has 1 N–H and O–H groups in total. The molecule has 0 saturated heterocycles. The number of halogens is 1. The number of nitrogens with one attached hydrogen (secondary N) is 1. The Bertz CT molecular complexity index is 836. The number of nitrogens with zero attached hydrogens (tertiary/aromatic N) is 3. The lowest BCUT2D eigenvalue weighted by atomic mass is 10.1. The summed E-state index contributed by atoms with van der Waals surface area (Å²) in [5.41, 5.74) is 1.22. The van der Waals surface area contributed by atoms with Crippen molar-refractivity contribution in [3.8, 4) is 6.07 Å². The SMILES string of the molecule is Cc1nn(CC(=O)Nc2cccc(I)c2)c(=O)c(C#N)c1C. The Labute approximate surface area is 140 Å². The van der Waals surface area contributed by atoms with Gasteiger partial charge in [0.25, 0.3) is 5.56 Å². The average Bonchev–Trinajstić information content (AvgIpc) is 2.45. The molecule has 0 spiro atoms. The average molecular weight is 408 g/mol. The maximum absolute atomic E-state index is 12.1. The van der Waals surface area contributed by atoms with E-state index in [2.05, 4.69) is 33.0 Å². The summed E-state index contributed by atoms with van der Waals surface area (Å²) in [4.78, 5) is 24.2. The van der Waals surface area contributed by atoms with Gasteiger partial charge in [-0.15, -0.1) is 0 Å². The van der Waals surface area contributed by atoms with E-state index in [0.717, 1.165) is 8.25 Å². The largest absolute Gasteiger partial charge is 0.324 e. The highest BCUT2D eigenvalue weighted by molar-refractivity contribution is 14.1. The molecule has 112 valence electrons. The van der Waals surface area contributed by atoms with Crippen LogP contribution in [0.15, 0.2) is 29.1 Å². The molecule has 22 heavy (non-hydrogen) atoms. The summed E-state index contributed by atoms with van der Waals surface area (Å²) in [6.07, 6.45) is 0. The van der Waals surface area contributed by atoms with Gasteiger partial charge in [0.05, 0.1) is 5.69 Å². The number of nitriles is 1. The van der Waals surface area contributed by atoms with Crippen LogP contribution in [0.1, 0.15) is 16.8 Å². The molecule has 0 fully saturated rings. The number of carbonyl (C=O) groups is 1. The van der Waals surface area contributed by atoms with E-state index in [1.165, 1.54) is 0 Å². The number of hydrogen-bond acceptors (Lipinski definition) is 4. The predicted octanol–water partition coefficient (Wildman–Crippen LogP) is 1.98. The third kappa shape index (κ3) is 3.51. The summed E-state index contributed by atoms with van der Waals surface area (Å²) in [5, 5.41) is 15.8. The maximum atomic E-state index is 12.1. The number of amides is 1. The first kappa shape index (κ1) is 16.2. The van der Waals surface area contributed by atoms with Crippen LogP contribution in [0.4, 0.5) is 5.69 Å². The van der Waals surface area contributed by atoms with Gasteiger partial charge in [0.1, 0.15) is 18.2 Å². The molecule has 1 heterocycles.